The predicted molar refractivity (Wildman–Crippen MR) is 88.6 cm³/mol. The van der Waals surface area contributed by atoms with Gasteiger partial charge in [-0.25, -0.2) is 0 Å². The summed E-state index contributed by atoms with van der Waals surface area (Å²) in [6.45, 7) is 8.59. The van der Waals surface area contributed by atoms with Crippen molar-refractivity contribution in [1.29, 1.82) is 0 Å². The van der Waals surface area contributed by atoms with E-state index in [4.69, 9.17) is 10.5 Å². The van der Waals surface area contributed by atoms with E-state index >= 15 is 0 Å². The van der Waals surface area contributed by atoms with Gasteiger partial charge in [0.1, 0.15) is 5.82 Å². The van der Waals surface area contributed by atoms with Gasteiger partial charge in [-0.05, 0) is 50.7 Å². The molecule has 0 aliphatic heterocycles. The number of nitrogens with zero attached hydrogens (tertiary/aromatic N) is 1. The molecule has 2 rings (SSSR count). The Labute approximate surface area is 128 Å². The fourth-order valence-electron chi connectivity index (χ4n) is 3.18. The van der Waals surface area contributed by atoms with E-state index in [1.54, 1.807) is 0 Å². The highest BCUT2D eigenvalue weighted by molar-refractivity contribution is 5.54. The number of nitrogen functional groups attached to an aromatic ring is 1. The third kappa shape index (κ3) is 4.26. The minimum Gasteiger partial charge on any atom is -0.473 e. The van der Waals surface area contributed by atoms with E-state index in [0.29, 0.717) is 29.4 Å². The molecule has 3 N–H and O–H groups in total. The summed E-state index contributed by atoms with van der Waals surface area (Å²) in [5.74, 6) is 2.82. The third-order valence-corrected chi connectivity index (χ3v) is 4.25. The molecule has 21 heavy (non-hydrogen) atoms. The second-order valence-electron chi connectivity index (χ2n) is 6.70. The summed E-state index contributed by atoms with van der Waals surface area (Å²) in [6.07, 6.45) is 5.24. The van der Waals surface area contributed by atoms with Gasteiger partial charge in [0.25, 0.3) is 0 Å². The molecule has 0 saturated heterocycles. The summed E-state index contributed by atoms with van der Waals surface area (Å²) in [4.78, 5) is 4.54. The second kappa shape index (κ2) is 7.01. The van der Waals surface area contributed by atoms with Crippen molar-refractivity contribution in [3.63, 3.8) is 0 Å². The Morgan fingerprint density at radius 2 is 1.90 bits per heavy atom. The Bertz CT molecular complexity index is 459. The summed E-state index contributed by atoms with van der Waals surface area (Å²) in [5.41, 5.74) is 6.53. The first-order valence-corrected chi connectivity index (χ1v) is 8.17. The van der Waals surface area contributed by atoms with Gasteiger partial charge in [0, 0.05) is 6.04 Å². The van der Waals surface area contributed by atoms with Crippen LogP contribution in [0.15, 0.2) is 12.1 Å². The van der Waals surface area contributed by atoms with Crippen LogP contribution in [0.25, 0.3) is 0 Å². The molecule has 0 bridgehead atoms. The number of hydrogen-bond acceptors (Lipinski definition) is 4. The smallest absolute Gasteiger partial charge is 0.239 e. The molecule has 118 valence electrons. The normalized spacial score (nSPS) is 22.6. The molecule has 1 aromatic heterocycles. The number of ether oxygens (including phenoxy) is 1. The molecule has 4 nitrogen and oxygen atoms in total. The van der Waals surface area contributed by atoms with E-state index in [-0.39, 0.29) is 6.10 Å². The van der Waals surface area contributed by atoms with Gasteiger partial charge in [0.15, 0.2) is 0 Å². The lowest BCUT2D eigenvalue weighted by atomic mass is 9.78. The van der Waals surface area contributed by atoms with Gasteiger partial charge >= 0.3 is 0 Å². The van der Waals surface area contributed by atoms with Gasteiger partial charge in [-0.3, -0.25) is 0 Å². The van der Waals surface area contributed by atoms with Crippen LogP contribution in [0, 0.1) is 11.8 Å². The first kappa shape index (κ1) is 15.9. The standard InChI is InChI=1S/C17H29N3O/c1-11(2)13-7-5-6-8-15(13)19-16-10-9-14(18)17(20-16)21-12(3)4/h9-13,15H,5-8,18H2,1-4H3,(H,19,20). The summed E-state index contributed by atoms with van der Waals surface area (Å²) in [7, 11) is 0. The molecule has 1 saturated carbocycles. The van der Waals surface area contributed by atoms with Gasteiger partial charge in [-0.1, -0.05) is 26.7 Å². The molecule has 4 heteroatoms. The van der Waals surface area contributed by atoms with Crippen LogP contribution in [-0.4, -0.2) is 17.1 Å². The molecule has 2 unspecified atom stereocenters. The van der Waals surface area contributed by atoms with E-state index in [9.17, 15) is 0 Å². The fourth-order valence-corrected chi connectivity index (χ4v) is 3.18. The Hall–Kier alpha value is -1.45. The number of hydrogen-bond donors (Lipinski definition) is 2. The highest BCUT2D eigenvalue weighted by Gasteiger charge is 2.27. The molecule has 0 amide bonds. The Balaban J connectivity index is 2.11. The molecule has 1 aromatic rings. The van der Waals surface area contributed by atoms with Crippen molar-refractivity contribution in [2.24, 2.45) is 11.8 Å². The number of nitrogens with two attached hydrogens (primary N) is 1. The molecule has 1 fully saturated rings. The molecule has 1 aliphatic rings. The maximum absolute atomic E-state index is 5.93. The SMILES string of the molecule is CC(C)Oc1nc(NC2CCCCC2C(C)C)ccc1N. The maximum atomic E-state index is 5.93. The Kier molecular flexibility index (Phi) is 5.32. The zero-order valence-corrected chi connectivity index (χ0v) is 13.7. The van der Waals surface area contributed by atoms with Gasteiger partial charge in [-0.2, -0.15) is 4.98 Å². The molecule has 1 heterocycles. The summed E-state index contributed by atoms with van der Waals surface area (Å²) >= 11 is 0. The van der Waals surface area contributed by atoms with Crippen molar-refractivity contribution in [3.05, 3.63) is 12.1 Å². The van der Waals surface area contributed by atoms with Gasteiger partial charge in [-0.15, -0.1) is 0 Å². The molecule has 0 spiro atoms. The minimum atomic E-state index is 0.0770. The first-order valence-electron chi connectivity index (χ1n) is 8.17. The number of aromatic nitrogens is 1. The third-order valence-electron chi connectivity index (χ3n) is 4.25. The van der Waals surface area contributed by atoms with Crippen LogP contribution >= 0.6 is 0 Å². The quantitative estimate of drug-likeness (QED) is 0.858. The second-order valence-corrected chi connectivity index (χ2v) is 6.70. The Morgan fingerprint density at radius 1 is 1.19 bits per heavy atom. The van der Waals surface area contributed by atoms with E-state index < -0.39 is 0 Å². The average Bonchev–Trinajstić information content (AvgIpc) is 2.42. The van der Waals surface area contributed by atoms with Crippen molar-refractivity contribution in [3.8, 4) is 5.88 Å². The van der Waals surface area contributed by atoms with E-state index in [2.05, 4.69) is 24.1 Å². The van der Waals surface area contributed by atoms with Crippen molar-refractivity contribution in [2.75, 3.05) is 11.1 Å². The molecule has 2 atom stereocenters. The monoisotopic (exact) mass is 291 g/mol. The van der Waals surface area contributed by atoms with Gasteiger partial charge < -0.3 is 15.8 Å². The van der Waals surface area contributed by atoms with Crippen LogP contribution in [0.5, 0.6) is 5.88 Å². The number of rotatable bonds is 5. The van der Waals surface area contributed by atoms with Gasteiger partial charge in [0.05, 0.1) is 11.8 Å². The summed E-state index contributed by atoms with van der Waals surface area (Å²) < 4.78 is 5.67. The highest BCUT2D eigenvalue weighted by Crippen LogP contribution is 2.32. The Morgan fingerprint density at radius 3 is 2.57 bits per heavy atom. The number of nitrogens with one attached hydrogen (secondary N) is 1. The summed E-state index contributed by atoms with van der Waals surface area (Å²) in [6, 6.07) is 4.33. The molecular weight excluding hydrogens is 262 g/mol. The van der Waals surface area contributed by atoms with Crippen molar-refractivity contribution < 1.29 is 4.74 Å². The lowest BCUT2D eigenvalue weighted by Crippen LogP contribution is -2.35. The number of pyridine rings is 1. The van der Waals surface area contributed by atoms with E-state index in [1.807, 2.05) is 26.0 Å². The van der Waals surface area contributed by atoms with E-state index in [1.165, 1.54) is 25.7 Å². The lowest BCUT2D eigenvalue weighted by Gasteiger charge is -2.35. The molecule has 1 aliphatic carbocycles. The van der Waals surface area contributed by atoms with Crippen molar-refractivity contribution in [1.82, 2.24) is 4.98 Å². The van der Waals surface area contributed by atoms with Crippen LogP contribution in [-0.2, 0) is 0 Å². The lowest BCUT2D eigenvalue weighted by molar-refractivity contribution is 0.233. The maximum Gasteiger partial charge on any atom is 0.239 e. The average molecular weight is 291 g/mol. The van der Waals surface area contributed by atoms with Crippen LogP contribution in [0.3, 0.4) is 0 Å². The minimum absolute atomic E-state index is 0.0770. The van der Waals surface area contributed by atoms with Crippen LogP contribution in [0.2, 0.25) is 0 Å². The van der Waals surface area contributed by atoms with Crippen LogP contribution in [0.4, 0.5) is 11.5 Å². The largest absolute Gasteiger partial charge is 0.473 e. The fraction of sp³-hybridized carbons (Fsp3) is 0.706. The zero-order valence-electron chi connectivity index (χ0n) is 13.7. The first-order chi connectivity index (χ1) is 9.97. The molecule has 0 aromatic carbocycles. The van der Waals surface area contributed by atoms with Crippen molar-refractivity contribution >= 4 is 11.5 Å². The van der Waals surface area contributed by atoms with E-state index in [0.717, 1.165) is 5.82 Å². The number of anilines is 2. The zero-order chi connectivity index (χ0) is 15.4. The van der Waals surface area contributed by atoms with Crippen LogP contribution < -0.4 is 15.8 Å². The van der Waals surface area contributed by atoms with Crippen LogP contribution in [0.1, 0.15) is 53.4 Å². The van der Waals surface area contributed by atoms with Crippen molar-refractivity contribution in [2.45, 2.75) is 65.5 Å². The molecular formula is C17H29N3O. The molecule has 0 radical (unpaired) electrons. The highest BCUT2D eigenvalue weighted by atomic mass is 16.5. The predicted octanol–water partition coefficient (Wildman–Crippen LogP) is 4.08. The summed E-state index contributed by atoms with van der Waals surface area (Å²) in [5, 5.41) is 3.61. The van der Waals surface area contributed by atoms with Gasteiger partial charge in [0.2, 0.25) is 5.88 Å². The topological polar surface area (TPSA) is 60.2 Å².